The smallest absolute Gasteiger partial charge is 0.421 e. The number of thiophene rings is 1. The number of rotatable bonds is 4. The van der Waals surface area contributed by atoms with Gasteiger partial charge in [0, 0.05) is 18.8 Å². The summed E-state index contributed by atoms with van der Waals surface area (Å²) in [6.45, 7) is 1.25. The Morgan fingerprint density at radius 3 is 2.41 bits per heavy atom. The van der Waals surface area contributed by atoms with Crippen LogP contribution in [0.25, 0.3) is 10.3 Å². The van der Waals surface area contributed by atoms with Crippen LogP contribution in [0.1, 0.15) is 17.3 Å². The first-order chi connectivity index (χ1) is 13.5. The number of halogens is 3. The molecule has 3 rings (SSSR count). The number of anilines is 2. The van der Waals surface area contributed by atoms with Crippen LogP contribution < -0.4 is 20.6 Å². The SMILES string of the molecule is CC(=O)c1cc2sc(N(C)C(=O)Nc3ccc(OC(F)(F)F)cc3)cc2oc1=O. The van der Waals surface area contributed by atoms with Crippen molar-refractivity contribution in [3.8, 4) is 5.75 Å². The predicted octanol–water partition coefficient (Wildman–Crippen LogP) is 4.62. The molecule has 0 radical (unpaired) electrons. The van der Waals surface area contributed by atoms with E-state index in [2.05, 4.69) is 10.1 Å². The van der Waals surface area contributed by atoms with Crippen molar-refractivity contribution >= 4 is 44.1 Å². The third kappa shape index (κ3) is 4.74. The standard InChI is InChI=1S/C18H13F3N2O5S/c1-9(24)12-7-14-13(27-16(12)25)8-15(29-14)23(2)17(26)22-10-3-5-11(6-4-10)28-18(19,20)21/h3-8H,1-2H3,(H,22,26). The summed E-state index contributed by atoms with van der Waals surface area (Å²) in [6.07, 6.45) is -4.80. The van der Waals surface area contributed by atoms with E-state index in [1.54, 1.807) is 0 Å². The normalized spacial score (nSPS) is 11.3. The summed E-state index contributed by atoms with van der Waals surface area (Å²) in [5.41, 5.74) is -0.363. The second-order valence-corrected chi connectivity index (χ2v) is 6.94. The maximum atomic E-state index is 12.4. The summed E-state index contributed by atoms with van der Waals surface area (Å²) in [4.78, 5) is 36.9. The molecule has 11 heteroatoms. The van der Waals surface area contributed by atoms with Gasteiger partial charge in [-0.15, -0.1) is 24.5 Å². The Labute approximate surface area is 165 Å². The number of alkyl halides is 3. The Kier molecular flexibility index (Phi) is 5.33. The minimum Gasteiger partial charge on any atom is -0.421 e. The summed E-state index contributed by atoms with van der Waals surface area (Å²) in [5.74, 6) is -0.843. The van der Waals surface area contributed by atoms with Gasteiger partial charge in [0.2, 0.25) is 0 Å². The number of nitrogens with one attached hydrogen (secondary N) is 1. The molecule has 0 atom stereocenters. The molecule has 0 saturated heterocycles. The molecule has 0 aliphatic heterocycles. The Hall–Kier alpha value is -3.34. The van der Waals surface area contributed by atoms with Gasteiger partial charge in [-0.2, -0.15) is 0 Å². The van der Waals surface area contributed by atoms with Gasteiger partial charge in [0.1, 0.15) is 16.3 Å². The van der Waals surface area contributed by atoms with E-state index in [4.69, 9.17) is 4.42 Å². The Balaban J connectivity index is 1.76. The van der Waals surface area contributed by atoms with Crippen LogP contribution in [0.3, 0.4) is 0 Å². The van der Waals surface area contributed by atoms with Crippen molar-refractivity contribution in [2.24, 2.45) is 0 Å². The van der Waals surface area contributed by atoms with Crippen LogP contribution in [0, 0.1) is 0 Å². The van der Waals surface area contributed by atoms with Crippen molar-refractivity contribution in [2.45, 2.75) is 13.3 Å². The topological polar surface area (TPSA) is 88.8 Å². The predicted molar refractivity (Wildman–Crippen MR) is 101 cm³/mol. The van der Waals surface area contributed by atoms with E-state index < -0.39 is 29.6 Å². The van der Waals surface area contributed by atoms with Gasteiger partial charge in [0.05, 0.1) is 4.70 Å². The molecule has 2 aromatic heterocycles. The number of amides is 2. The number of fused-ring (bicyclic) bond motifs is 1. The number of carbonyl (C=O) groups excluding carboxylic acids is 2. The third-order valence-corrected chi connectivity index (χ3v) is 4.90. The number of nitrogens with zero attached hydrogens (tertiary/aromatic N) is 1. The Bertz CT molecular complexity index is 1140. The number of hydrogen-bond donors (Lipinski definition) is 1. The highest BCUT2D eigenvalue weighted by atomic mass is 32.1. The van der Waals surface area contributed by atoms with E-state index in [-0.39, 0.29) is 16.8 Å². The van der Waals surface area contributed by atoms with Gasteiger partial charge in [0.15, 0.2) is 11.4 Å². The van der Waals surface area contributed by atoms with Crippen molar-refractivity contribution in [3.63, 3.8) is 0 Å². The van der Waals surface area contributed by atoms with Crippen LogP contribution in [-0.2, 0) is 0 Å². The molecule has 2 heterocycles. The molecule has 3 aromatic rings. The van der Waals surface area contributed by atoms with Gasteiger partial charge in [-0.25, -0.2) is 9.59 Å². The first kappa shape index (κ1) is 20.4. The quantitative estimate of drug-likeness (QED) is 0.615. The van der Waals surface area contributed by atoms with E-state index in [0.717, 1.165) is 23.5 Å². The van der Waals surface area contributed by atoms with Crippen LogP contribution in [-0.4, -0.2) is 25.2 Å². The molecule has 0 spiro atoms. The molecular formula is C18H13F3N2O5S. The number of ether oxygens (including phenoxy) is 1. The van der Waals surface area contributed by atoms with Crippen molar-refractivity contribution in [3.05, 3.63) is 52.4 Å². The first-order valence-electron chi connectivity index (χ1n) is 8.02. The molecule has 7 nitrogen and oxygen atoms in total. The van der Waals surface area contributed by atoms with Gasteiger partial charge in [-0.05, 0) is 37.3 Å². The van der Waals surface area contributed by atoms with E-state index in [9.17, 15) is 27.6 Å². The van der Waals surface area contributed by atoms with Crippen LogP contribution in [0.5, 0.6) is 5.75 Å². The van der Waals surface area contributed by atoms with Crippen LogP contribution in [0.2, 0.25) is 0 Å². The number of hydrogen-bond acceptors (Lipinski definition) is 6. The summed E-state index contributed by atoms with van der Waals surface area (Å²) < 4.78 is 45.9. The summed E-state index contributed by atoms with van der Waals surface area (Å²) in [7, 11) is 1.46. The number of Topliss-reactive ketones (excluding diaryl/α,β-unsaturated/α-hetero) is 1. The highest BCUT2D eigenvalue weighted by molar-refractivity contribution is 7.22. The van der Waals surface area contributed by atoms with E-state index in [1.165, 1.54) is 43.1 Å². The largest absolute Gasteiger partial charge is 0.573 e. The molecule has 0 bridgehead atoms. The lowest BCUT2D eigenvalue weighted by Gasteiger charge is -2.16. The fourth-order valence-corrected chi connectivity index (χ4v) is 3.35. The molecule has 0 aliphatic rings. The molecular weight excluding hydrogens is 413 g/mol. The van der Waals surface area contributed by atoms with E-state index in [1.807, 2.05) is 0 Å². The van der Waals surface area contributed by atoms with E-state index >= 15 is 0 Å². The average molecular weight is 426 g/mol. The fraction of sp³-hybridized carbons (Fsp3) is 0.167. The van der Waals surface area contributed by atoms with Crippen LogP contribution in [0.15, 0.2) is 45.6 Å². The minimum atomic E-state index is -4.80. The first-order valence-corrected chi connectivity index (χ1v) is 8.84. The minimum absolute atomic E-state index is 0.0841. The van der Waals surface area contributed by atoms with Gasteiger partial charge in [-0.1, -0.05) is 0 Å². The van der Waals surface area contributed by atoms with Crippen LogP contribution >= 0.6 is 11.3 Å². The van der Waals surface area contributed by atoms with Crippen molar-refractivity contribution in [2.75, 3.05) is 17.3 Å². The van der Waals surface area contributed by atoms with E-state index in [0.29, 0.717) is 9.70 Å². The highest BCUT2D eigenvalue weighted by Crippen LogP contribution is 2.32. The monoisotopic (exact) mass is 426 g/mol. The molecule has 152 valence electrons. The van der Waals surface area contributed by atoms with Crippen molar-refractivity contribution in [1.82, 2.24) is 0 Å². The van der Waals surface area contributed by atoms with Crippen LogP contribution in [0.4, 0.5) is 28.7 Å². The summed E-state index contributed by atoms with van der Waals surface area (Å²) in [5, 5.41) is 2.96. The molecule has 29 heavy (non-hydrogen) atoms. The second-order valence-electron chi connectivity index (χ2n) is 5.88. The Morgan fingerprint density at radius 2 is 1.83 bits per heavy atom. The third-order valence-electron chi connectivity index (χ3n) is 3.76. The maximum absolute atomic E-state index is 12.4. The van der Waals surface area contributed by atoms with Gasteiger partial charge in [-0.3, -0.25) is 9.69 Å². The molecule has 1 N–H and O–H groups in total. The number of urea groups is 1. The zero-order valence-corrected chi connectivity index (χ0v) is 15.8. The fourth-order valence-electron chi connectivity index (χ4n) is 2.36. The zero-order chi connectivity index (χ0) is 21.3. The van der Waals surface area contributed by atoms with Crippen molar-refractivity contribution < 1.29 is 31.9 Å². The summed E-state index contributed by atoms with van der Waals surface area (Å²) in [6, 6.07) is 6.97. The number of ketones is 1. The van der Waals surface area contributed by atoms with Gasteiger partial charge < -0.3 is 14.5 Å². The van der Waals surface area contributed by atoms with Crippen molar-refractivity contribution in [1.29, 1.82) is 0 Å². The average Bonchev–Trinajstić information content (AvgIpc) is 3.03. The molecule has 2 amide bonds. The lowest BCUT2D eigenvalue weighted by atomic mass is 10.2. The Morgan fingerprint density at radius 1 is 1.17 bits per heavy atom. The lowest BCUT2D eigenvalue weighted by Crippen LogP contribution is -2.30. The summed E-state index contributed by atoms with van der Waals surface area (Å²) >= 11 is 1.13. The molecule has 0 aliphatic carbocycles. The zero-order valence-electron chi connectivity index (χ0n) is 15.0. The lowest BCUT2D eigenvalue weighted by molar-refractivity contribution is -0.274. The molecule has 0 saturated carbocycles. The van der Waals surface area contributed by atoms with Gasteiger partial charge in [0.25, 0.3) is 0 Å². The highest BCUT2D eigenvalue weighted by Gasteiger charge is 2.31. The molecule has 0 unspecified atom stereocenters. The number of benzene rings is 1. The van der Waals surface area contributed by atoms with Gasteiger partial charge >= 0.3 is 18.0 Å². The molecule has 1 aromatic carbocycles. The maximum Gasteiger partial charge on any atom is 0.573 e. The second kappa shape index (κ2) is 7.59. The molecule has 0 fully saturated rings. The number of carbonyl (C=O) groups is 2.